The van der Waals surface area contributed by atoms with Gasteiger partial charge in [0.15, 0.2) is 6.04 Å². The lowest BCUT2D eigenvalue weighted by atomic mass is 9.86. The van der Waals surface area contributed by atoms with Crippen LogP contribution in [0.15, 0.2) is 30.3 Å². The van der Waals surface area contributed by atoms with Crippen LogP contribution in [0.3, 0.4) is 0 Å². The Morgan fingerprint density at radius 2 is 1.77 bits per heavy atom. The summed E-state index contributed by atoms with van der Waals surface area (Å²) in [4.78, 5) is 23.9. The summed E-state index contributed by atoms with van der Waals surface area (Å²) in [6, 6.07) is 9.26. The monoisotopic (exact) mass is 304 g/mol. The highest BCUT2D eigenvalue weighted by molar-refractivity contribution is 5.96. The van der Waals surface area contributed by atoms with Crippen LogP contribution < -0.4 is 16.0 Å². The van der Waals surface area contributed by atoms with E-state index >= 15 is 0 Å². The summed E-state index contributed by atoms with van der Waals surface area (Å²) in [6.45, 7) is 2.28. The summed E-state index contributed by atoms with van der Waals surface area (Å²) in [7, 11) is 1.51. The maximum Gasteiger partial charge on any atom is 0.321 e. The van der Waals surface area contributed by atoms with E-state index in [2.05, 4.69) is 22.9 Å². The molecule has 0 saturated heterocycles. The van der Waals surface area contributed by atoms with Gasteiger partial charge in [-0.15, -0.1) is 0 Å². The maximum absolute atomic E-state index is 12.4. The number of rotatable bonds is 4. The van der Waals surface area contributed by atoms with E-state index in [1.54, 1.807) is 0 Å². The predicted molar refractivity (Wildman–Crippen MR) is 85.1 cm³/mol. The fourth-order valence-corrected chi connectivity index (χ4v) is 3.01. The topological polar surface area (TPSA) is 74.8 Å². The Morgan fingerprint density at radius 3 is 2.36 bits per heavy atom. The fourth-order valence-electron chi connectivity index (χ4n) is 3.01. The molecule has 0 bridgehead atoms. The molecule has 5 nitrogen and oxygen atoms in total. The molecule has 1 fully saturated rings. The van der Waals surface area contributed by atoms with Crippen LogP contribution in [-0.2, 0) is 4.79 Å². The summed E-state index contributed by atoms with van der Waals surface area (Å²) < 4.78 is 0. The Balaban J connectivity index is 2.08. The van der Waals surface area contributed by atoms with Gasteiger partial charge < -0.3 is 10.6 Å². The van der Waals surface area contributed by atoms with Crippen LogP contribution in [0, 0.1) is 5.92 Å². The van der Waals surface area contributed by atoms with Gasteiger partial charge in [-0.3, -0.25) is 10.1 Å². The van der Waals surface area contributed by atoms with E-state index < -0.39 is 6.03 Å². The average molecular weight is 304 g/mol. The highest BCUT2D eigenvalue weighted by Crippen LogP contribution is 2.22. The smallest absolute Gasteiger partial charge is 0.321 e. The highest BCUT2D eigenvalue weighted by Gasteiger charge is 2.30. The Kier molecular flexibility index (Phi) is 5.95. The Hall–Kier alpha value is -1.88. The third-order valence-electron chi connectivity index (χ3n) is 4.43. The van der Waals surface area contributed by atoms with Gasteiger partial charge in [-0.25, -0.2) is 4.79 Å². The largest absolute Gasteiger partial charge is 0.341 e. The molecule has 1 aliphatic rings. The molecular formula is C17H26N3O2+. The van der Waals surface area contributed by atoms with E-state index in [0.717, 1.165) is 24.3 Å². The number of nitrogens with one attached hydrogen (secondary N) is 2. The molecule has 22 heavy (non-hydrogen) atoms. The van der Waals surface area contributed by atoms with Gasteiger partial charge in [0.2, 0.25) is 0 Å². The van der Waals surface area contributed by atoms with Crippen molar-refractivity contribution < 1.29 is 14.9 Å². The Labute approximate surface area is 131 Å². The van der Waals surface area contributed by atoms with Crippen molar-refractivity contribution in [2.75, 3.05) is 7.05 Å². The second-order valence-electron chi connectivity index (χ2n) is 6.17. The SMILES string of the molecule is CNC(=O)NC(=O)[C@H]([NH2+]C1CCC(C)CC1)c1ccccc1. The first kappa shape index (κ1) is 16.5. The Morgan fingerprint density at radius 1 is 1.14 bits per heavy atom. The molecule has 120 valence electrons. The van der Waals surface area contributed by atoms with Crippen molar-refractivity contribution in [3.8, 4) is 0 Å². The number of hydrogen-bond acceptors (Lipinski definition) is 2. The zero-order valence-corrected chi connectivity index (χ0v) is 13.3. The molecule has 2 rings (SSSR count). The normalized spacial score (nSPS) is 22.6. The van der Waals surface area contributed by atoms with Crippen LogP contribution in [0.5, 0.6) is 0 Å². The van der Waals surface area contributed by atoms with E-state index in [0.29, 0.717) is 6.04 Å². The van der Waals surface area contributed by atoms with Gasteiger partial charge >= 0.3 is 6.03 Å². The second kappa shape index (κ2) is 7.94. The highest BCUT2D eigenvalue weighted by atomic mass is 16.2. The number of urea groups is 1. The molecule has 0 radical (unpaired) electrons. The molecule has 1 atom stereocenters. The van der Waals surface area contributed by atoms with Crippen molar-refractivity contribution in [3.63, 3.8) is 0 Å². The molecule has 0 aromatic heterocycles. The van der Waals surface area contributed by atoms with Crippen LogP contribution in [0.2, 0.25) is 0 Å². The Bertz CT molecular complexity index is 496. The molecule has 0 unspecified atom stereocenters. The van der Waals surface area contributed by atoms with Crippen molar-refractivity contribution >= 4 is 11.9 Å². The van der Waals surface area contributed by atoms with Crippen molar-refractivity contribution in [1.82, 2.24) is 10.6 Å². The third kappa shape index (κ3) is 4.56. The van der Waals surface area contributed by atoms with Crippen molar-refractivity contribution in [2.24, 2.45) is 5.92 Å². The molecule has 1 aromatic rings. The molecule has 0 heterocycles. The molecule has 0 aliphatic heterocycles. The van der Waals surface area contributed by atoms with Crippen molar-refractivity contribution in [3.05, 3.63) is 35.9 Å². The van der Waals surface area contributed by atoms with Crippen LogP contribution >= 0.6 is 0 Å². The van der Waals surface area contributed by atoms with Crippen molar-refractivity contribution in [1.29, 1.82) is 0 Å². The predicted octanol–water partition coefficient (Wildman–Crippen LogP) is 1.33. The minimum Gasteiger partial charge on any atom is -0.341 e. The van der Waals surface area contributed by atoms with Gasteiger partial charge in [0.25, 0.3) is 5.91 Å². The lowest BCUT2D eigenvalue weighted by Gasteiger charge is -2.27. The minimum absolute atomic E-state index is 0.260. The van der Waals surface area contributed by atoms with Gasteiger partial charge in [-0.1, -0.05) is 37.3 Å². The van der Waals surface area contributed by atoms with Gasteiger partial charge in [-0.2, -0.15) is 0 Å². The lowest BCUT2D eigenvalue weighted by molar-refractivity contribution is -0.718. The summed E-state index contributed by atoms with van der Waals surface area (Å²) in [5.74, 6) is 0.517. The minimum atomic E-state index is -0.461. The first-order chi connectivity index (χ1) is 10.6. The van der Waals surface area contributed by atoms with Gasteiger partial charge in [0, 0.05) is 12.6 Å². The number of carbonyl (C=O) groups excluding carboxylic acids is 2. The third-order valence-corrected chi connectivity index (χ3v) is 4.43. The quantitative estimate of drug-likeness (QED) is 0.785. The summed E-state index contributed by atoms with van der Waals surface area (Å²) in [5, 5.41) is 6.96. The van der Waals surface area contributed by atoms with E-state index in [9.17, 15) is 9.59 Å². The van der Waals surface area contributed by atoms with Crippen LogP contribution in [-0.4, -0.2) is 25.0 Å². The van der Waals surface area contributed by atoms with E-state index in [1.165, 1.54) is 19.9 Å². The number of hydrogen-bond donors (Lipinski definition) is 3. The van der Waals surface area contributed by atoms with Crippen molar-refractivity contribution in [2.45, 2.75) is 44.7 Å². The summed E-state index contributed by atoms with van der Waals surface area (Å²) >= 11 is 0. The maximum atomic E-state index is 12.4. The average Bonchev–Trinajstić information content (AvgIpc) is 2.54. The second-order valence-corrected chi connectivity index (χ2v) is 6.17. The molecule has 4 N–H and O–H groups in total. The lowest BCUT2D eigenvalue weighted by Crippen LogP contribution is -2.93. The molecule has 1 saturated carbocycles. The number of amides is 3. The number of imide groups is 1. The molecule has 0 spiro atoms. The van der Waals surface area contributed by atoms with E-state index in [-0.39, 0.29) is 11.9 Å². The van der Waals surface area contributed by atoms with E-state index in [4.69, 9.17) is 0 Å². The molecule has 1 aromatic carbocycles. The first-order valence-corrected chi connectivity index (χ1v) is 8.02. The molecule has 3 amide bonds. The number of carbonyl (C=O) groups is 2. The van der Waals surface area contributed by atoms with E-state index in [1.807, 2.05) is 30.3 Å². The van der Waals surface area contributed by atoms with Gasteiger partial charge in [-0.05, 0) is 31.6 Å². The van der Waals surface area contributed by atoms with Crippen LogP contribution in [0.4, 0.5) is 4.79 Å². The molecule has 5 heteroatoms. The molecule has 1 aliphatic carbocycles. The number of nitrogens with two attached hydrogens (primary N) is 1. The fraction of sp³-hybridized carbons (Fsp3) is 0.529. The first-order valence-electron chi connectivity index (χ1n) is 8.02. The summed E-state index contributed by atoms with van der Waals surface area (Å²) in [6.07, 6.45) is 4.66. The van der Waals surface area contributed by atoms with Gasteiger partial charge in [0.1, 0.15) is 0 Å². The number of benzene rings is 1. The molecular weight excluding hydrogens is 278 g/mol. The zero-order valence-electron chi connectivity index (χ0n) is 13.3. The summed E-state index contributed by atoms with van der Waals surface area (Å²) in [5.41, 5.74) is 0.933. The zero-order chi connectivity index (χ0) is 15.9. The van der Waals surface area contributed by atoms with Gasteiger partial charge in [0.05, 0.1) is 6.04 Å². The number of quaternary nitrogens is 1. The van der Waals surface area contributed by atoms with Crippen LogP contribution in [0.25, 0.3) is 0 Å². The standard InChI is InChI=1S/C17H25N3O2/c1-12-8-10-14(11-9-12)19-15(13-6-4-3-5-7-13)16(21)20-17(22)18-2/h3-7,12,14-15,19H,8-11H2,1-2H3,(H2,18,20,21,22)/p+1/t12?,14?,15-/m1/s1. The van der Waals surface area contributed by atoms with Crippen LogP contribution in [0.1, 0.15) is 44.2 Å².